The first kappa shape index (κ1) is 21.1. The number of nitrogens with zero attached hydrogens (tertiary/aromatic N) is 1. The fourth-order valence-electron chi connectivity index (χ4n) is 3.58. The van der Waals surface area contributed by atoms with Gasteiger partial charge in [0.1, 0.15) is 11.6 Å². The van der Waals surface area contributed by atoms with E-state index in [9.17, 15) is 13.2 Å². The lowest BCUT2D eigenvalue weighted by molar-refractivity contribution is -0.111. The summed E-state index contributed by atoms with van der Waals surface area (Å²) in [7, 11) is -3.76. The monoisotopic (exact) mass is 439 g/mol. The highest BCUT2D eigenvalue weighted by Crippen LogP contribution is 2.26. The number of rotatable bonds is 5. The molecule has 31 heavy (non-hydrogen) atoms. The fraction of sp³-hybridized carbons (Fsp3) is 0.304. The Kier molecular flexibility index (Phi) is 6.36. The van der Waals surface area contributed by atoms with E-state index in [1.54, 1.807) is 18.2 Å². The maximum atomic E-state index is 12.7. The van der Waals surface area contributed by atoms with Crippen LogP contribution in [-0.2, 0) is 21.2 Å². The van der Waals surface area contributed by atoms with E-state index >= 15 is 0 Å². The summed E-state index contributed by atoms with van der Waals surface area (Å²) in [6.45, 7) is 1.32. The number of fused-ring (bicyclic) bond motifs is 1. The predicted molar refractivity (Wildman–Crippen MR) is 121 cm³/mol. The number of sulfonamides is 1. The van der Waals surface area contributed by atoms with Crippen molar-refractivity contribution in [3.8, 4) is 5.75 Å². The summed E-state index contributed by atoms with van der Waals surface area (Å²) >= 11 is 0. The molecule has 162 valence electrons. The largest absolute Gasteiger partial charge is 0.493 e. The number of nitrogens with one attached hydrogen (secondary N) is 2. The highest BCUT2D eigenvalue weighted by molar-refractivity contribution is 7.90. The number of ether oxygens (including phenoxy) is 1. The normalized spacial score (nSPS) is 16.2. The van der Waals surface area contributed by atoms with E-state index in [2.05, 4.69) is 15.0 Å². The molecule has 2 N–H and O–H groups in total. The van der Waals surface area contributed by atoms with Crippen molar-refractivity contribution in [1.29, 1.82) is 0 Å². The van der Waals surface area contributed by atoms with Gasteiger partial charge >= 0.3 is 0 Å². The van der Waals surface area contributed by atoms with Gasteiger partial charge < -0.3 is 10.1 Å². The molecule has 0 spiro atoms. The van der Waals surface area contributed by atoms with Gasteiger partial charge in [0.15, 0.2) is 0 Å². The minimum absolute atomic E-state index is 0.0832. The number of aliphatic imine (C=N–C) groups is 1. The van der Waals surface area contributed by atoms with Crippen molar-refractivity contribution < 1.29 is 17.9 Å². The second kappa shape index (κ2) is 9.34. The third-order valence-corrected chi connectivity index (χ3v) is 6.56. The van der Waals surface area contributed by atoms with Gasteiger partial charge in [-0.3, -0.25) is 14.5 Å². The van der Waals surface area contributed by atoms with Crippen molar-refractivity contribution in [3.05, 3.63) is 59.7 Å². The van der Waals surface area contributed by atoms with Crippen molar-refractivity contribution in [2.24, 2.45) is 4.99 Å². The minimum atomic E-state index is -3.76. The zero-order valence-electron chi connectivity index (χ0n) is 17.1. The SMILES string of the molecule is O=C(/C=C/c1ccc2c(c1)CCO2)Nc1cccc(S(=O)(=O)NC2=NCCCCC2)c1. The van der Waals surface area contributed by atoms with Gasteiger partial charge in [-0.15, -0.1) is 0 Å². The number of anilines is 1. The number of carbonyl (C=O) groups is 1. The van der Waals surface area contributed by atoms with E-state index in [1.165, 1.54) is 18.2 Å². The van der Waals surface area contributed by atoms with Gasteiger partial charge in [-0.05, 0) is 60.4 Å². The Hall–Kier alpha value is -3.13. The van der Waals surface area contributed by atoms with Crippen LogP contribution in [0.5, 0.6) is 5.75 Å². The van der Waals surface area contributed by atoms with Crippen LogP contribution >= 0.6 is 0 Å². The van der Waals surface area contributed by atoms with E-state index < -0.39 is 10.0 Å². The van der Waals surface area contributed by atoms with Gasteiger partial charge in [0.25, 0.3) is 10.0 Å². The van der Waals surface area contributed by atoms with E-state index in [4.69, 9.17) is 4.74 Å². The summed E-state index contributed by atoms with van der Waals surface area (Å²) < 4.78 is 33.5. The molecule has 0 bridgehead atoms. The molecule has 1 amide bonds. The van der Waals surface area contributed by atoms with Crippen LogP contribution in [-0.4, -0.2) is 33.3 Å². The van der Waals surface area contributed by atoms with Crippen LogP contribution in [0.3, 0.4) is 0 Å². The van der Waals surface area contributed by atoms with Crippen LogP contribution < -0.4 is 14.8 Å². The molecule has 0 aromatic heterocycles. The van der Waals surface area contributed by atoms with Gasteiger partial charge in [-0.1, -0.05) is 18.6 Å². The van der Waals surface area contributed by atoms with E-state index in [-0.39, 0.29) is 10.8 Å². The second-order valence-electron chi connectivity index (χ2n) is 7.56. The summed E-state index contributed by atoms with van der Waals surface area (Å²) in [5.41, 5.74) is 2.44. The lowest BCUT2D eigenvalue weighted by Crippen LogP contribution is -2.30. The maximum absolute atomic E-state index is 12.7. The molecule has 2 aliphatic heterocycles. The number of amidine groups is 1. The molecule has 0 radical (unpaired) electrons. The first-order chi connectivity index (χ1) is 15.0. The molecular weight excluding hydrogens is 414 g/mol. The molecule has 7 nitrogen and oxygen atoms in total. The Balaban J connectivity index is 1.41. The molecule has 2 aromatic rings. The quantitative estimate of drug-likeness (QED) is 0.697. The van der Waals surface area contributed by atoms with E-state index in [1.807, 2.05) is 18.2 Å². The smallest absolute Gasteiger partial charge is 0.262 e. The topological polar surface area (TPSA) is 96.9 Å². The average molecular weight is 440 g/mol. The average Bonchev–Trinajstić information content (AvgIpc) is 3.08. The van der Waals surface area contributed by atoms with E-state index in [0.717, 1.165) is 42.6 Å². The molecule has 0 fully saturated rings. The molecule has 0 saturated heterocycles. The van der Waals surface area contributed by atoms with Gasteiger partial charge in [0.2, 0.25) is 5.91 Å². The lowest BCUT2D eigenvalue weighted by atomic mass is 10.1. The molecule has 2 heterocycles. The van der Waals surface area contributed by atoms with Crippen LogP contribution in [0.1, 0.15) is 36.8 Å². The van der Waals surface area contributed by atoms with Crippen molar-refractivity contribution >= 4 is 33.5 Å². The fourth-order valence-corrected chi connectivity index (χ4v) is 4.71. The molecule has 0 saturated carbocycles. The van der Waals surface area contributed by atoms with Crippen LogP contribution in [0.2, 0.25) is 0 Å². The first-order valence-electron chi connectivity index (χ1n) is 10.4. The summed E-state index contributed by atoms with van der Waals surface area (Å²) in [5, 5.41) is 2.72. The first-order valence-corrected chi connectivity index (χ1v) is 11.9. The van der Waals surface area contributed by atoms with Crippen LogP contribution in [0.4, 0.5) is 5.69 Å². The molecule has 2 aliphatic rings. The second-order valence-corrected chi connectivity index (χ2v) is 9.24. The van der Waals surface area contributed by atoms with Gasteiger partial charge in [-0.25, -0.2) is 8.42 Å². The Labute approximate surface area is 182 Å². The standard InChI is InChI=1S/C23H25N3O4S/c27-23(11-9-17-8-10-21-18(15-17)12-14-30-21)25-19-5-4-6-20(16-19)31(28,29)26-22-7-2-1-3-13-24-22/h4-6,8-11,15-16H,1-3,7,12-14H2,(H,24,26)(H,25,27)/b11-9+. The third-order valence-electron chi connectivity index (χ3n) is 5.18. The molecular formula is C23H25N3O4S. The molecule has 0 atom stereocenters. The van der Waals surface area contributed by atoms with E-state index in [0.29, 0.717) is 31.1 Å². The molecule has 4 rings (SSSR count). The number of carbonyl (C=O) groups excluding carboxylic acids is 1. The number of benzene rings is 2. The molecule has 0 aliphatic carbocycles. The predicted octanol–water partition coefficient (Wildman–Crippen LogP) is 3.52. The Morgan fingerprint density at radius 2 is 1.97 bits per heavy atom. The van der Waals surface area contributed by atoms with Gasteiger partial charge in [0.05, 0.1) is 11.5 Å². The summed E-state index contributed by atoms with van der Waals surface area (Å²) in [6, 6.07) is 12.0. The Morgan fingerprint density at radius 1 is 1.06 bits per heavy atom. The zero-order valence-corrected chi connectivity index (χ0v) is 18.0. The minimum Gasteiger partial charge on any atom is -0.493 e. The van der Waals surface area contributed by atoms with Crippen molar-refractivity contribution in [2.75, 3.05) is 18.5 Å². The van der Waals surface area contributed by atoms with Crippen LogP contribution in [0.25, 0.3) is 6.08 Å². The van der Waals surface area contributed by atoms with Gasteiger partial charge in [-0.2, -0.15) is 0 Å². The van der Waals surface area contributed by atoms with Gasteiger partial charge in [0, 0.05) is 31.1 Å². The van der Waals surface area contributed by atoms with Crippen LogP contribution in [0, 0.1) is 0 Å². The zero-order chi connectivity index (χ0) is 21.7. The Bertz CT molecular complexity index is 1140. The van der Waals surface area contributed by atoms with Crippen LogP contribution in [0.15, 0.2) is 58.4 Å². The van der Waals surface area contributed by atoms with Crippen molar-refractivity contribution in [2.45, 2.75) is 37.0 Å². The highest BCUT2D eigenvalue weighted by atomic mass is 32.2. The van der Waals surface area contributed by atoms with Crippen molar-refractivity contribution in [1.82, 2.24) is 4.72 Å². The number of amides is 1. The maximum Gasteiger partial charge on any atom is 0.262 e. The highest BCUT2D eigenvalue weighted by Gasteiger charge is 2.18. The summed E-state index contributed by atoms with van der Waals surface area (Å²) in [6.07, 6.45) is 7.57. The molecule has 2 aromatic carbocycles. The lowest BCUT2D eigenvalue weighted by Gasteiger charge is -2.11. The van der Waals surface area contributed by atoms with Crippen molar-refractivity contribution in [3.63, 3.8) is 0 Å². The number of hydrogen-bond acceptors (Lipinski definition) is 5. The summed E-state index contributed by atoms with van der Waals surface area (Å²) in [4.78, 5) is 16.7. The summed E-state index contributed by atoms with van der Waals surface area (Å²) in [5.74, 6) is 1.05. The molecule has 8 heteroatoms. The number of hydrogen-bond donors (Lipinski definition) is 2. The molecule has 0 unspecified atom stereocenters. The third kappa shape index (κ3) is 5.52. The Morgan fingerprint density at radius 3 is 2.87 bits per heavy atom.